The standard InChI is InChI=1S/C15H28N2O2/c1-15(2,3)19-14(18)17-10-4-9-16-13(11-5-6-11)12-7-8-12/h11-13,16H,4-10H2,1-3H3,(H,17,18). The Labute approximate surface area is 116 Å². The van der Waals surface area contributed by atoms with Gasteiger partial charge in [-0.25, -0.2) is 4.79 Å². The summed E-state index contributed by atoms with van der Waals surface area (Å²) in [5.74, 6) is 1.87. The van der Waals surface area contributed by atoms with Crippen molar-refractivity contribution in [1.82, 2.24) is 10.6 Å². The van der Waals surface area contributed by atoms with Crippen LogP contribution in [0.1, 0.15) is 52.9 Å². The first-order valence-corrected chi connectivity index (χ1v) is 7.66. The van der Waals surface area contributed by atoms with E-state index in [0.717, 1.165) is 30.8 Å². The number of amides is 1. The van der Waals surface area contributed by atoms with Crippen LogP contribution in [-0.4, -0.2) is 30.8 Å². The van der Waals surface area contributed by atoms with Crippen molar-refractivity contribution in [1.29, 1.82) is 0 Å². The molecule has 0 heterocycles. The summed E-state index contributed by atoms with van der Waals surface area (Å²) in [5, 5.41) is 6.47. The molecule has 0 saturated heterocycles. The zero-order chi connectivity index (χ0) is 13.9. The number of hydrogen-bond donors (Lipinski definition) is 2. The summed E-state index contributed by atoms with van der Waals surface area (Å²) < 4.78 is 5.19. The zero-order valence-electron chi connectivity index (χ0n) is 12.5. The number of rotatable bonds is 7. The topological polar surface area (TPSA) is 50.4 Å². The highest BCUT2D eigenvalue weighted by atomic mass is 16.6. The fraction of sp³-hybridized carbons (Fsp3) is 0.933. The maximum Gasteiger partial charge on any atom is 0.407 e. The van der Waals surface area contributed by atoms with Crippen LogP contribution in [0.15, 0.2) is 0 Å². The second kappa shape index (κ2) is 6.12. The third kappa shape index (κ3) is 5.81. The van der Waals surface area contributed by atoms with Crippen LogP contribution in [0.25, 0.3) is 0 Å². The summed E-state index contributed by atoms with van der Waals surface area (Å²) in [5.41, 5.74) is -0.411. The van der Waals surface area contributed by atoms with E-state index in [-0.39, 0.29) is 6.09 Å². The zero-order valence-corrected chi connectivity index (χ0v) is 12.5. The first-order valence-electron chi connectivity index (χ1n) is 7.66. The van der Waals surface area contributed by atoms with Gasteiger partial charge in [0.25, 0.3) is 0 Å². The molecule has 0 atom stereocenters. The van der Waals surface area contributed by atoms with Gasteiger partial charge in [0.2, 0.25) is 0 Å². The molecule has 0 unspecified atom stereocenters. The Hall–Kier alpha value is -0.770. The van der Waals surface area contributed by atoms with Gasteiger partial charge in [-0.1, -0.05) is 0 Å². The van der Waals surface area contributed by atoms with Crippen molar-refractivity contribution < 1.29 is 9.53 Å². The lowest BCUT2D eigenvalue weighted by Gasteiger charge is -2.20. The van der Waals surface area contributed by atoms with Crippen molar-refractivity contribution in [2.45, 2.75) is 64.5 Å². The molecule has 110 valence electrons. The molecule has 1 amide bonds. The highest BCUT2D eigenvalue weighted by Gasteiger charge is 2.40. The fourth-order valence-corrected chi connectivity index (χ4v) is 2.49. The monoisotopic (exact) mass is 268 g/mol. The number of ether oxygens (including phenoxy) is 1. The molecule has 2 fully saturated rings. The SMILES string of the molecule is CC(C)(C)OC(=O)NCCCNC(C1CC1)C1CC1. The molecule has 2 saturated carbocycles. The van der Waals surface area contributed by atoms with E-state index in [4.69, 9.17) is 4.74 Å². The van der Waals surface area contributed by atoms with Gasteiger partial charge in [-0.05, 0) is 71.3 Å². The lowest BCUT2D eigenvalue weighted by molar-refractivity contribution is 0.0527. The van der Waals surface area contributed by atoms with Crippen LogP contribution in [0, 0.1) is 11.8 Å². The molecule has 19 heavy (non-hydrogen) atoms. The highest BCUT2D eigenvalue weighted by Crippen LogP contribution is 2.44. The summed E-state index contributed by atoms with van der Waals surface area (Å²) in [6.07, 6.45) is 6.28. The van der Waals surface area contributed by atoms with Crippen LogP contribution in [0.2, 0.25) is 0 Å². The molecule has 2 N–H and O–H groups in total. The maximum atomic E-state index is 11.4. The Morgan fingerprint density at radius 2 is 1.74 bits per heavy atom. The molecule has 4 nitrogen and oxygen atoms in total. The number of carbonyl (C=O) groups is 1. The van der Waals surface area contributed by atoms with Gasteiger partial charge >= 0.3 is 6.09 Å². The number of alkyl carbamates (subject to hydrolysis) is 1. The highest BCUT2D eigenvalue weighted by molar-refractivity contribution is 5.67. The molecule has 2 rings (SSSR count). The molecule has 2 aliphatic carbocycles. The third-order valence-corrected chi connectivity index (χ3v) is 3.66. The first kappa shape index (κ1) is 14.6. The van der Waals surface area contributed by atoms with Gasteiger partial charge in [0.1, 0.15) is 5.60 Å². The minimum Gasteiger partial charge on any atom is -0.444 e. The van der Waals surface area contributed by atoms with Crippen LogP contribution in [-0.2, 0) is 4.74 Å². The van der Waals surface area contributed by atoms with Gasteiger partial charge in [-0.15, -0.1) is 0 Å². The van der Waals surface area contributed by atoms with E-state index >= 15 is 0 Å². The average molecular weight is 268 g/mol. The summed E-state index contributed by atoms with van der Waals surface area (Å²) >= 11 is 0. The van der Waals surface area contributed by atoms with Crippen molar-refractivity contribution in [2.24, 2.45) is 11.8 Å². The van der Waals surface area contributed by atoms with Crippen molar-refractivity contribution in [3.05, 3.63) is 0 Å². The Kier molecular flexibility index (Phi) is 4.71. The van der Waals surface area contributed by atoms with Gasteiger partial charge in [0.15, 0.2) is 0 Å². The molecule has 0 aromatic rings. The second-order valence-electron chi connectivity index (χ2n) is 6.94. The van der Waals surface area contributed by atoms with Gasteiger partial charge in [-0.3, -0.25) is 0 Å². The number of nitrogens with one attached hydrogen (secondary N) is 2. The predicted octanol–water partition coefficient (Wildman–Crippen LogP) is 2.68. The third-order valence-electron chi connectivity index (χ3n) is 3.66. The molecule has 0 aliphatic heterocycles. The fourth-order valence-electron chi connectivity index (χ4n) is 2.49. The summed E-state index contributed by atoms with van der Waals surface area (Å²) in [4.78, 5) is 11.4. The van der Waals surface area contributed by atoms with E-state index in [2.05, 4.69) is 10.6 Å². The Morgan fingerprint density at radius 3 is 2.21 bits per heavy atom. The van der Waals surface area contributed by atoms with Gasteiger partial charge < -0.3 is 15.4 Å². The summed E-state index contributed by atoms with van der Waals surface area (Å²) in [6, 6.07) is 0.751. The Morgan fingerprint density at radius 1 is 1.16 bits per heavy atom. The van der Waals surface area contributed by atoms with Crippen LogP contribution in [0.4, 0.5) is 4.79 Å². The summed E-state index contributed by atoms with van der Waals surface area (Å²) in [7, 11) is 0. The largest absolute Gasteiger partial charge is 0.444 e. The molecular formula is C15H28N2O2. The first-order chi connectivity index (χ1) is 8.96. The smallest absolute Gasteiger partial charge is 0.407 e. The van der Waals surface area contributed by atoms with E-state index in [1.54, 1.807) is 0 Å². The van der Waals surface area contributed by atoms with Crippen LogP contribution >= 0.6 is 0 Å². The second-order valence-corrected chi connectivity index (χ2v) is 6.94. The molecule has 0 aromatic heterocycles. The molecule has 0 bridgehead atoms. The maximum absolute atomic E-state index is 11.4. The summed E-state index contributed by atoms with van der Waals surface area (Å²) in [6.45, 7) is 7.31. The van der Waals surface area contributed by atoms with E-state index in [9.17, 15) is 4.79 Å². The molecule has 4 heteroatoms. The van der Waals surface area contributed by atoms with Gasteiger partial charge in [0.05, 0.1) is 0 Å². The van der Waals surface area contributed by atoms with Gasteiger partial charge in [0, 0.05) is 12.6 Å². The minimum atomic E-state index is -0.411. The molecule has 2 aliphatic rings. The average Bonchev–Trinajstić information content (AvgIpc) is 3.12. The normalized spacial score (nSPS) is 19.6. The lowest BCUT2D eigenvalue weighted by Crippen LogP contribution is -2.37. The quantitative estimate of drug-likeness (QED) is 0.698. The van der Waals surface area contributed by atoms with E-state index in [1.165, 1.54) is 25.7 Å². The van der Waals surface area contributed by atoms with Crippen molar-refractivity contribution in [2.75, 3.05) is 13.1 Å². The van der Waals surface area contributed by atoms with E-state index in [0.29, 0.717) is 6.54 Å². The molecule has 0 spiro atoms. The minimum absolute atomic E-state index is 0.312. The van der Waals surface area contributed by atoms with Crippen LogP contribution < -0.4 is 10.6 Å². The van der Waals surface area contributed by atoms with Crippen molar-refractivity contribution in [3.63, 3.8) is 0 Å². The number of hydrogen-bond acceptors (Lipinski definition) is 3. The Balaban J connectivity index is 1.50. The van der Waals surface area contributed by atoms with Crippen LogP contribution in [0.3, 0.4) is 0 Å². The lowest BCUT2D eigenvalue weighted by atomic mass is 10.1. The van der Waals surface area contributed by atoms with E-state index < -0.39 is 5.60 Å². The van der Waals surface area contributed by atoms with E-state index in [1.807, 2.05) is 20.8 Å². The van der Waals surface area contributed by atoms with Crippen molar-refractivity contribution in [3.8, 4) is 0 Å². The predicted molar refractivity (Wildman–Crippen MR) is 76.1 cm³/mol. The molecule has 0 radical (unpaired) electrons. The van der Waals surface area contributed by atoms with Gasteiger partial charge in [-0.2, -0.15) is 0 Å². The Bertz CT molecular complexity index is 292. The number of carbonyl (C=O) groups excluding carboxylic acids is 1. The molecule has 0 aromatic carbocycles. The molecular weight excluding hydrogens is 240 g/mol. The van der Waals surface area contributed by atoms with Crippen molar-refractivity contribution >= 4 is 6.09 Å². The van der Waals surface area contributed by atoms with Crippen LogP contribution in [0.5, 0.6) is 0 Å².